The Labute approximate surface area is 185 Å². The first kappa shape index (κ1) is 23.5. The third-order valence-corrected chi connectivity index (χ3v) is 5.65. The second-order valence-corrected chi connectivity index (χ2v) is 8.37. The van der Waals surface area contributed by atoms with E-state index in [1.54, 1.807) is 16.2 Å². The normalized spacial score (nSPS) is 15.3. The number of hydrogen-bond donors (Lipinski definition) is 2. The quantitative estimate of drug-likeness (QED) is 0.316. The molecule has 2 rings (SSSR count). The minimum Gasteiger partial charge on any atom is -0.450 e. The molecule has 26 heavy (non-hydrogen) atoms. The van der Waals surface area contributed by atoms with Crippen LogP contribution in [0.4, 0.5) is 4.79 Å². The number of piperidine rings is 1. The predicted octanol–water partition coefficient (Wildman–Crippen LogP) is 3.85. The fraction of sp³-hybridized carbons (Fsp3) is 0.647. The Morgan fingerprint density at radius 3 is 2.69 bits per heavy atom. The summed E-state index contributed by atoms with van der Waals surface area (Å²) < 4.78 is 6.22. The van der Waals surface area contributed by atoms with Crippen molar-refractivity contribution < 1.29 is 9.53 Å². The molecular formula is C17H28BrIN4O2S. The third kappa shape index (κ3) is 7.99. The first-order chi connectivity index (χ1) is 12.1. The Morgan fingerprint density at radius 2 is 2.12 bits per heavy atom. The van der Waals surface area contributed by atoms with Crippen LogP contribution in [0.3, 0.4) is 0 Å². The maximum Gasteiger partial charge on any atom is 0.409 e. The van der Waals surface area contributed by atoms with Crippen molar-refractivity contribution in [3.63, 3.8) is 0 Å². The van der Waals surface area contributed by atoms with Crippen molar-refractivity contribution in [3.8, 4) is 0 Å². The van der Waals surface area contributed by atoms with E-state index in [2.05, 4.69) is 50.6 Å². The van der Waals surface area contributed by atoms with E-state index in [-0.39, 0.29) is 30.1 Å². The number of hydrogen-bond acceptors (Lipinski definition) is 4. The zero-order valence-electron chi connectivity index (χ0n) is 15.3. The number of rotatable bonds is 6. The number of ether oxygens (including phenoxy) is 1. The molecule has 0 radical (unpaired) electrons. The van der Waals surface area contributed by atoms with E-state index in [9.17, 15) is 4.79 Å². The standard InChI is InChI=1S/C17H27BrN4O2S.HI/c1-3-19-16(20-10-7-14-5-6-15(18)25-14)21-13-8-11-22(12-9-13)17(23)24-4-2;/h5-6,13H,3-4,7-12H2,1-2H3,(H2,19,20,21);1H. The van der Waals surface area contributed by atoms with Crippen LogP contribution in [0.5, 0.6) is 0 Å². The minimum absolute atomic E-state index is 0. The smallest absolute Gasteiger partial charge is 0.409 e. The number of aliphatic imine (C=N–C) groups is 1. The van der Waals surface area contributed by atoms with E-state index in [0.717, 1.165) is 55.2 Å². The van der Waals surface area contributed by atoms with Gasteiger partial charge in [-0.15, -0.1) is 35.3 Å². The highest BCUT2D eigenvalue weighted by Crippen LogP contribution is 2.22. The van der Waals surface area contributed by atoms with Gasteiger partial charge in [-0.05, 0) is 54.8 Å². The fourth-order valence-corrected chi connectivity index (χ4v) is 4.17. The van der Waals surface area contributed by atoms with Crippen LogP contribution in [0, 0.1) is 0 Å². The molecule has 0 aliphatic carbocycles. The second kappa shape index (κ2) is 12.8. The Kier molecular flexibility index (Phi) is 11.5. The summed E-state index contributed by atoms with van der Waals surface area (Å²) in [6.45, 7) is 7.35. The Morgan fingerprint density at radius 1 is 1.38 bits per heavy atom. The molecule has 0 spiro atoms. The molecule has 2 N–H and O–H groups in total. The number of thiophene rings is 1. The Bertz CT molecular complexity index is 577. The lowest BCUT2D eigenvalue weighted by Gasteiger charge is -2.32. The third-order valence-electron chi connectivity index (χ3n) is 3.96. The summed E-state index contributed by atoms with van der Waals surface area (Å²) in [6, 6.07) is 4.54. The van der Waals surface area contributed by atoms with Gasteiger partial charge in [0.2, 0.25) is 0 Å². The van der Waals surface area contributed by atoms with Gasteiger partial charge in [-0.2, -0.15) is 0 Å². The number of amides is 1. The minimum atomic E-state index is -0.205. The second-order valence-electron chi connectivity index (χ2n) is 5.82. The number of nitrogens with zero attached hydrogens (tertiary/aromatic N) is 2. The summed E-state index contributed by atoms with van der Waals surface area (Å²) in [5.41, 5.74) is 0. The Hall–Kier alpha value is -0.550. The van der Waals surface area contributed by atoms with Crippen LogP contribution in [-0.4, -0.2) is 55.8 Å². The fourth-order valence-electron chi connectivity index (χ4n) is 2.70. The van der Waals surface area contributed by atoms with Gasteiger partial charge < -0.3 is 20.3 Å². The summed E-state index contributed by atoms with van der Waals surface area (Å²) in [6.07, 6.45) is 2.54. The van der Waals surface area contributed by atoms with Gasteiger partial charge in [-0.3, -0.25) is 4.99 Å². The predicted molar refractivity (Wildman–Crippen MR) is 122 cm³/mol. The van der Waals surface area contributed by atoms with Gasteiger partial charge in [-0.1, -0.05) is 0 Å². The molecule has 1 aliphatic rings. The van der Waals surface area contributed by atoms with Gasteiger partial charge in [0, 0.05) is 43.5 Å². The van der Waals surface area contributed by atoms with Gasteiger partial charge in [0.1, 0.15) is 0 Å². The lowest BCUT2D eigenvalue weighted by Crippen LogP contribution is -2.50. The van der Waals surface area contributed by atoms with Crippen molar-refractivity contribution in [2.75, 3.05) is 32.8 Å². The summed E-state index contributed by atoms with van der Waals surface area (Å²) in [4.78, 5) is 19.5. The van der Waals surface area contributed by atoms with Crippen LogP contribution >= 0.6 is 51.2 Å². The average Bonchev–Trinajstić information content (AvgIpc) is 3.01. The molecule has 1 amide bonds. The molecule has 1 aromatic heterocycles. The zero-order chi connectivity index (χ0) is 18.1. The number of likely N-dealkylation sites (tertiary alicyclic amines) is 1. The van der Waals surface area contributed by atoms with Gasteiger partial charge in [0.15, 0.2) is 5.96 Å². The molecular weight excluding hydrogens is 531 g/mol. The Balaban J connectivity index is 0.00000338. The molecule has 0 atom stereocenters. The highest BCUT2D eigenvalue weighted by molar-refractivity contribution is 14.0. The number of carbonyl (C=O) groups is 1. The molecule has 1 aromatic rings. The van der Waals surface area contributed by atoms with Gasteiger partial charge in [0.05, 0.1) is 10.4 Å². The van der Waals surface area contributed by atoms with Crippen LogP contribution < -0.4 is 10.6 Å². The molecule has 2 heterocycles. The number of carbonyl (C=O) groups excluding carboxylic acids is 1. The average molecular weight is 559 g/mol. The van der Waals surface area contributed by atoms with E-state index in [0.29, 0.717) is 12.6 Å². The van der Waals surface area contributed by atoms with E-state index in [1.807, 2.05) is 6.92 Å². The van der Waals surface area contributed by atoms with Crippen molar-refractivity contribution in [1.82, 2.24) is 15.5 Å². The number of guanidine groups is 1. The van der Waals surface area contributed by atoms with Crippen LogP contribution in [0.25, 0.3) is 0 Å². The van der Waals surface area contributed by atoms with Gasteiger partial charge >= 0.3 is 6.09 Å². The number of nitrogens with one attached hydrogen (secondary N) is 2. The van der Waals surface area contributed by atoms with Gasteiger partial charge in [0.25, 0.3) is 0 Å². The maximum atomic E-state index is 11.8. The molecule has 1 fully saturated rings. The van der Waals surface area contributed by atoms with Crippen LogP contribution in [0.2, 0.25) is 0 Å². The van der Waals surface area contributed by atoms with Crippen molar-refractivity contribution in [2.24, 2.45) is 4.99 Å². The molecule has 9 heteroatoms. The van der Waals surface area contributed by atoms with Crippen LogP contribution in [0.15, 0.2) is 20.9 Å². The first-order valence-electron chi connectivity index (χ1n) is 8.83. The van der Waals surface area contributed by atoms with Gasteiger partial charge in [-0.25, -0.2) is 4.79 Å². The topological polar surface area (TPSA) is 66.0 Å². The molecule has 148 valence electrons. The van der Waals surface area contributed by atoms with Crippen molar-refractivity contribution >= 4 is 63.3 Å². The largest absolute Gasteiger partial charge is 0.450 e. The summed E-state index contributed by atoms with van der Waals surface area (Å²) in [5.74, 6) is 0.854. The number of halogens is 2. The van der Waals surface area contributed by atoms with Crippen molar-refractivity contribution in [1.29, 1.82) is 0 Å². The van der Waals surface area contributed by atoms with E-state index in [1.165, 1.54) is 4.88 Å². The molecule has 0 unspecified atom stereocenters. The summed E-state index contributed by atoms with van der Waals surface area (Å²) >= 11 is 5.24. The van der Waals surface area contributed by atoms with E-state index >= 15 is 0 Å². The molecule has 1 saturated heterocycles. The molecule has 0 saturated carbocycles. The van der Waals surface area contributed by atoms with E-state index in [4.69, 9.17) is 4.74 Å². The summed E-state index contributed by atoms with van der Waals surface area (Å²) in [5, 5.41) is 6.80. The molecule has 6 nitrogen and oxygen atoms in total. The maximum absolute atomic E-state index is 11.8. The summed E-state index contributed by atoms with van der Waals surface area (Å²) in [7, 11) is 0. The first-order valence-corrected chi connectivity index (χ1v) is 10.4. The molecule has 0 bridgehead atoms. The van der Waals surface area contributed by atoms with Crippen molar-refractivity contribution in [2.45, 2.75) is 39.2 Å². The lowest BCUT2D eigenvalue weighted by molar-refractivity contribution is 0.0963. The SMILES string of the molecule is CCNC(=NCCc1ccc(Br)s1)NC1CCN(C(=O)OCC)CC1.I. The van der Waals surface area contributed by atoms with Crippen LogP contribution in [-0.2, 0) is 11.2 Å². The molecule has 1 aliphatic heterocycles. The molecule has 0 aromatic carbocycles. The monoisotopic (exact) mass is 558 g/mol. The van der Waals surface area contributed by atoms with Crippen molar-refractivity contribution in [3.05, 3.63) is 20.8 Å². The lowest BCUT2D eigenvalue weighted by atomic mass is 10.1. The zero-order valence-corrected chi connectivity index (χ0v) is 20.0. The van der Waals surface area contributed by atoms with Crippen LogP contribution in [0.1, 0.15) is 31.6 Å². The van der Waals surface area contributed by atoms with E-state index < -0.39 is 0 Å². The highest BCUT2D eigenvalue weighted by atomic mass is 127. The highest BCUT2D eigenvalue weighted by Gasteiger charge is 2.23.